The summed E-state index contributed by atoms with van der Waals surface area (Å²) in [6, 6.07) is 8.63. The van der Waals surface area contributed by atoms with Crippen molar-refractivity contribution in [3.05, 3.63) is 30.5 Å². The van der Waals surface area contributed by atoms with Crippen LogP contribution in [0.1, 0.15) is 25.7 Å². The summed E-state index contributed by atoms with van der Waals surface area (Å²) < 4.78 is 0. The molecule has 19 heavy (non-hydrogen) atoms. The number of rotatable bonds is 2. The molecule has 1 aromatic heterocycles. The fraction of sp³-hybridized carbons (Fsp3) is 0.467. The molecule has 2 N–H and O–H groups in total. The summed E-state index contributed by atoms with van der Waals surface area (Å²) in [5.74, 6) is 0. The van der Waals surface area contributed by atoms with Crippen LogP contribution in [-0.2, 0) is 0 Å². The van der Waals surface area contributed by atoms with Crippen molar-refractivity contribution in [3.8, 4) is 0 Å². The first-order chi connectivity index (χ1) is 9.40. The number of anilines is 1. The quantitative estimate of drug-likeness (QED) is 0.896. The third-order valence-electron chi connectivity index (χ3n) is 3.98. The lowest BCUT2D eigenvalue weighted by atomic mass is 10.1. The van der Waals surface area contributed by atoms with Crippen LogP contribution in [0.25, 0.3) is 10.9 Å². The minimum absolute atomic E-state index is 0.426. The average molecular weight is 256 g/mol. The summed E-state index contributed by atoms with van der Waals surface area (Å²) in [7, 11) is 0. The van der Waals surface area contributed by atoms with Gasteiger partial charge in [0, 0.05) is 24.5 Å². The Balaban J connectivity index is 2.06. The van der Waals surface area contributed by atoms with Crippen LogP contribution in [0.15, 0.2) is 30.5 Å². The molecule has 0 radical (unpaired) electrons. The Morgan fingerprint density at radius 2 is 2.11 bits per heavy atom. The maximum absolute atomic E-state index is 5.97. The van der Waals surface area contributed by atoms with Crippen molar-refractivity contribution in [2.24, 2.45) is 5.73 Å². The van der Waals surface area contributed by atoms with Gasteiger partial charge >= 0.3 is 0 Å². The van der Waals surface area contributed by atoms with Gasteiger partial charge in [0.05, 0.1) is 17.4 Å². The van der Waals surface area contributed by atoms with E-state index in [1.165, 1.54) is 36.8 Å². The molecule has 2 aromatic rings. The Morgan fingerprint density at radius 1 is 1.21 bits per heavy atom. The summed E-state index contributed by atoms with van der Waals surface area (Å²) in [4.78, 5) is 2.43. The third kappa shape index (κ3) is 2.40. The molecule has 1 fully saturated rings. The molecule has 1 atom stereocenters. The number of benzene rings is 1. The van der Waals surface area contributed by atoms with Gasteiger partial charge in [-0.25, -0.2) is 0 Å². The molecule has 0 saturated carbocycles. The second kappa shape index (κ2) is 5.53. The van der Waals surface area contributed by atoms with Gasteiger partial charge in [-0.05, 0) is 18.9 Å². The van der Waals surface area contributed by atoms with Crippen molar-refractivity contribution in [3.63, 3.8) is 0 Å². The van der Waals surface area contributed by atoms with E-state index in [-0.39, 0.29) is 0 Å². The SMILES string of the molecule is NCC1CCCCCN1c1cnnc2ccccc12. The van der Waals surface area contributed by atoms with Gasteiger partial charge in [-0.2, -0.15) is 10.2 Å². The van der Waals surface area contributed by atoms with Gasteiger partial charge in [0.1, 0.15) is 0 Å². The van der Waals surface area contributed by atoms with Crippen molar-refractivity contribution in [1.82, 2.24) is 10.2 Å². The summed E-state index contributed by atoms with van der Waals surface area (Å²) in [5.41, 5.74) is 8.11. The molecule has 1 unspecified atom stereocenters. The second-order valence-electron chi connectivity index (χ2n) is 5.18. The van der Waals surface area contributed by atoms with E-state index >= 15 is 0 Å². The Hall–Kier alpha value is -1.68. The minimum atomic E-state index is 0.426. The van der Waals surface area contributed by atoms with Crippen LogP contribution in [0.4, 0.5) is 5.69 Å². The lowest BCUT2D eigenvalue weighted by Crippen LogP contribution is -2.40. The van der Waals surface area contributed by atoms with Crippen molar-refractivity contribution in [1.29, 1.82) is 0 Å². The van der Waals surface area contributed by atoms with Crippen LogP contribution < -0.4 is 10.6 Å². The van der Waals surface area contributed by atoms with Gasteiger partial charge in [0.2, 0.25) is 0 Å². The van der Waals surface area contributed by atoms with Crippen molar-refractivity contribution >= 4 is 16.6 Å². The number of aromatic nitrogens is 2. The molecule has 1 aliphatic rings. The van der Waals surface area contributed by atoms with E-state index in [4.69, 9.17) is 5.73 Å². The summed E-state index contributed by atoms with van der Waals surface area (Å²) in [6.45, 7) is 1.77. The number of hydrogen-bond donors (Lipinski definition) is 1. The normalized spacial score (nSPS) is 20.5. The fourth-order valence-electron chi connectivity index (χ4n) is 2.96. The van der Waals surface area contributed by atoms with Gasteiger partial charge in [-0.1, -0.05) is 31.0 Å². The lowest BCUT2D eigenvalue weighted by Gasteiger charge is -2.31. The predicted molar refractivity (Wildman–Crippen MR) is 78.2 cm³/mol. The zero-order valence-electron chi connectivity index (χ0n) is 11.1. The Labute approximate surface area is 113 Å². The summed E-state index contributed by atoms with van der Waals surface area (Å²) in [6.07, 6.45) is 6.86. The average Bonchev–Trinajstić information content (AvgIpc) is 2.71. The van der Waals surface area contributed by atoms with Gasteiger partial charge in [-0.15, -0.1) is 0 Å². The highest BCUT2D eigenvalue weighted by Gasteiger charge is 2.21. The molecule has 0 spiro atoms. The van der Waals surface area contributed by atoms with E-state index in [2.05, 4.69) is 27.2 Å². The molecule has 100 valence electrons. The zero-order chi connectivity index (χ0) is 13.1. The Kier molecular flexibility index (Phi) is 3.60. The van der Waals surface area contributed by atoms with E-state index in [1.807, 2.05) is 18.3 Å². The molecule has 1 saturated heterocycles. The first-order valence-electron chi connectivity index (χ1n) is 7.07. The van der Waals surface area contributed by atoms with Crippen LogP contribution in [0, 0.1) is 0 Å². The molecule has 0 aliphatic carbocycles. The highest BCUT2D eigenvalue weighted by atomic mass is 15.2. The van der Waals surface area contributed by atoms with Crippen LogP contribution in [0.3, 0.4) is 0 Å². The molecule has 1 aliphatic heterocycles. The van der Waals surface area contributed by atoms with E-state index in [0.717, 1.165) is 12.1 Å². The number of fused-ring (bicyclic) bond motifs is 1. The molecular weight excluding hydrogens is 236 g/mol. The number of hydrogen-bond acceptors (Lipinski definition) is 4. The Bertz CT molecular complexity index is 549. The molecule has 4 heteroatoms. The number of nitrogens with two attached hydrogens (primary N) is 1. The first kappa shape index (κ1) is 12.4. The molecule has 0 bridgehead atoms. The van der Waals surface area contributed by atoms with Crippen molar-refractivity contribution in [2.75, 3.05) is 18.0 Å². The highest BCUT2D eigenvalue weighted by Crippen LogP contribution is 2.29. The van der Waals surface area contributed by atoms with Gasteiger partial charge in [-0.3, -0.25) is 0 Å². The van der Waals surface area contributed by atoms with E-state index < -0.39 is 0 Å². The Morgan fingerprint density at radius 3 is 3.00 bits per heavy atom. The molecule has 4 nitrogen and oxygen atoms in total. The maximum Gasteiger partial charge on any atom is 0.0950 e. The molecule has 2 heterocycles. The minimum Gasteiger partial charge on any atom is -0.365 e. The van der Waals surface area contributed by atoms with Crippen molar-refractivity contribution in [2.45, 2.75) is 31.7 Å². The topological polar surface area (TPSA) is 55.0 Å². The maximum atomic E-state index is 5.97. The van der Waals surface area contributed by atoms with Crippen LogP contribution in [0.2, 0.25) is 0 Å². The predicted octanol–water partition coefficient (Wildman–Crippen LogP) is 2.34. The van der Waals surface area contributed by atoms with Gasteiger partial charge in [0.15, 0.2) is 0 Å². The van der Waals surface area contributed by atoms with Gasteiger partial charge < -0.3 is 10.6 Å². The molecule has 0 amide bonds. The molecule has 3 rings (SSSR count). The summed E-state index contributed by atoms with van der Waals surface area (Å²) in [5, 5.41) is 9.54. The second-order valence-corrected chi connectivity index (χ2v) is 5.18. The smallest absolute Gasteiger partial charge is 0.0950 e. The van der Waals surface area contributed by atoms with E-state index in [9.17, 15) is 0 Å². The van der Waals surface area contributed by atoms with Crippen molar-refractivity contribution < 1.29 is 0 Å². The number of nitrogens with zero attached hydrogens (tertiary/aromatic N) is 3. The van der Waals surface area contributed by atoms with Gasteiger partial charge in [0.25, 0.3) is 0 Å². The first-order valence-corrected chi connectivity index (χ1v) is 7.07. The standard InChI is InChI=1S/C15H20N4/c16-10-12-6-2-1-5-9-19(12)15-11-17-18-14-8-4-3-7-13(14)15/h3-4,7-8,11-12H,1-2,5-6,9-10,16H2. The highest BCUT2D eigenvalue weighted by molar-refractivity contribution is 5.90. The summed E-state index contributed by atoms with van der Waals surface area (Å²) >= 11 is 0. The molecule has 1 aromatic carbocycles. The van der Waals surface area contributed by atoms with Crippen LogP contribution >= 0.6 is 0 Å². The zero-order valence-corrected chi connectivity index (χ0v) is 11.1. The lowest BCUT2D eigenvalue weighted by molar-refractivity contribution is 0.580. The largest absolute Gasteiger partial charge is 0.365 e. The third-order valence-corrected chi connectivity index (χ3v) is 3.98. The van der Waals surface area contributed by atoms with Crippen LogP contribution in [0.5, 0.6) is 0 Å². The monoisotopic (exact) mass is 256 g/mol. The van der Waals surface area contributed by atoms with Crippen LogP contribution in [-0.4, -0.2) is 29.3 Å². The van der Waals surface area contributed by atoms with E-state index in [1.54, 1.807) is 0 Å². The van der Waals surface area contributed by atoms with E-state index in [0.29, 0.717) is 12.6 Å². The fourth-order valence-corrected chi connectivity index (χ4v) is 2.96. The molecular formula is C15H20N4.